The van der Waals surface area contributed by atoms with Crippen LogP contribution in [0.3, 0.4) is 0 Å². The van der Waals surface area contributed by atoms with Crippen molar-refractivity contribution in [1.29, 1.82) is 0 Å². The predicted octanol–water partition coefficient (Wildman–Crippen LogP) is 1.67. The van der Waals surface area contributed by atoms with E-state index >= 15 is 0 Å². The van der Waals surface area contributed by atoms with Crippen molar-refractivity contribution in [2.75, 3.05) is 6.54 Å². The standard InChI is InChI=1S/C7H15NO.C2H6/c8-6-5-7(9)3-1-2-4-7;1-2/h9H,1-6,8H2;1-2H3. The van der Waals surface area contributed by atoms with Gasteiger partial charge in [-0.25, -0.2) is 0 Å². The van der Waals surface area contributed by atoms with E-state index in [-0.39, 0.29) is 5.60 Å². The van der Waals surface area contributed by atoms with E-state index in [1.165, 1.54) is 12.8 Å². The van der Waals surface area contributed by atoms with Crippen LogP contribution in [0.2, 0.25) is 0 Å². The Morgan fingerprint density at radius 3 is 2.09 bits per heavy atom. The minimum atomic E-state index is -0.380. The molecule has 0 unspecified atom stereocenters. The lowest BCUT2D eigenvalue weighted by Gasteiger charge is -2.20. The minimum absolute atomic E-state index is 0.380. The van der Waals surface area contributed by atoms with Gasteiger partial charge in [0.15, 0.2) is 0 Å². The Hall–Kier alpha value is -0.0800. The van der Waals surface area contributed by atoms with Crippen LogP contribution in [0.4, 0.5) is 0 Å². The highest BCUT2D eigenvalue weighted by molar-refractivity contribution is 4.83. The Balaban J connectivity index is 0.000000461. The Kier molecular flexibility index (Phi) is 5.51. The maximum absolute atomic E-state index is 9.61. The smallest absolute Gasteiger partial charge is 0.0659 e. The van der Waals surface area contributed by atoms with Gasteiger partial charge in [0.05, 0.1) is 5.60 Å². The molecule has 1 aliphatic carbocycles. The van der Waals surface area contributed by atoms with Gasteiger partial charge in [-0.15, -0.1) is 0 Å². The first-order valence-electron chi connectivity index (χ1n) is 4.69. The molecule has 2 nitrogen and oxygen atoms in total. The van der Waals surface area contributed by atoms with Gasteiger partial charge < -0.3 is 10.8 Å². The lowest BCUT2D eigenvalue weighted by Crippen LogP contribution is -2.27. The van der Waals surface area contributed by atoms with E-state index in [0.29, 0.717) is 6.54 Å². The van der Waals surface area contributed by atoms with Gasteiger partial charge in [-0.1, -0.05) is 26.7 Å². The summed E-state index contributed by atoms with van der Waals surface area (Å²) in [5.74, 6) is 0. The molecule has 2 heteroatoms. The van der Waals surface area contributed by atoms with Crippen LogP contribution in [0.1, 0.15) is 46.0 Å². The summed E-state index contributed by atoms with van der Waals surface area (Å²) in [6.45, 7) is 4.62. The van der Waals surface area contributed by atoms with Gasteiger partial charge in [0.1, 0.15) is 0 Å². The highest BCUT2D eigenvalue weighted by Gasteiger charge is 2.29. The summed E-state index contributed by atoms with van der Waals surface area (Å²) in [6, 6.07) is 0. The monoisotopic (exact) mass is 159 g/mol. The third-order valence-electron chi connectivity index (χ3n) is 2.14. The summed E-state index contributed by atoms with van der Waals surface area (Å²) in [6.07, 6.45) is 5.06. The molecule has 0 aromatic carbocycles. The van der Waals surface area contributed by atoms with Crippen LogP contribution in [0.15, 0.2) is 0 Å². The van der Waals surface area contributed by atoms with Crippen molar-refractivity contribution in [3.63, 3.8) is 0 Å². The van der Waals surface area contributed by atoms with Crippen molar-refractivity contribution in [2.45, 2.75) is 51.6 Å². The quantitative estimate of drug-likeness (QED) is 0.643. The molecule has 0 bridgehead atoms. The summed E-state index contributed by atoms with van der Waals surface area (Å²) in [7, 11) is 0. The highest BCUT2D eigenvalue weighted by atomic mass is 16.3. The van der Waals surface area contributed by atoms with Gasteiger partial charge in [0.2, 0.25) is 0 Å². The summed E-state index contributed by atoms with van der Waals surface area (Å²) in [5.41, 5.74) is 4.95. The first-order chi connectivity index (χ1) is 5.27. The van der Waals surface area contributed by atoms with Crippen molar-refractivity contribution in [3.05, 3.63) is 0 Å². The molecule has 0 saturated heterocycles. The lowest BCUT2D eigenvalue weighted by molar-refractivity contribution is 0.0414. The average Bonchev–Trinajstić information content (AvgIpc) is 2.41. The topological polar surface area (TPSA) is 46.2 Å². The fourth-order valence-electron chi connectivity index (χ4n) is 1.55. The molecule has 0 amide bonds. The Labute approximate surface area is 69.8 Å². The molecule has 0 radical (unpaired) electrons. The molecule has 3 N–H and O–H groups in total. The molecular weight excluding hydrogens is 138 g/mol. The molecule has 1 aliphatic rings. The minimum Gasteiger partial charge on any atom is -0.390 e. The van der Waals surface area contributed by atoms with Crippen molar-refractivity contribution >= 4 is 0 Å². The Morgan fingerprint density at radius 1 is 1.27 bits per heavy atom. The second-order valence-electron chi connectivity index (χ2n) is 2.97. The second kappa shape index (κ2) is 5.56. The van der Waals surface area contributed by atoms with E-state index in [0.717, 1.165) is 19.3 Å². The molecule has 11 heavy (non-hydrogen) atoms. The zero-order valence-corrected chi connectivity index (χ0v) is 7.77. The van der Waals surface area contributed by atoms with Gasteiger partial charge in [-0.05, 0) is 25.8 Å². The first kappa shape index (κ1) is 10.9. The largest absolute Gasteiger partial charge is 0.390 e. The predicted molar refractivity (Wildman–Crippen MR) is 48.4 cm³/mol. The van der Waals surface area contributed by atoms with E-state index in [4.69, 9.17) is 5.73 Å². The number of hydrogen-bond acceptors (Lipinski definition) is 2. The van der Waals surface area contributed by atoms with Crippen molar-refractivity contribution in [3.8, 4) is 0 Å². The molecule has 1 fully saturated rings. The van der Waals surface area contributed by atoms with Crippen LogP contribution in [-0.4, -0.2) is 17.3 Å². The van der Waals surface area contributed by atoms with Gasteiger partial charge in [-0.2, -0.15) is 0 Å². The maximum Gasteiger partial charge on any atom is 0.0659 e. The fourth-order valence-corrected chi connectivity index (χ4v) is 1.55. The number of rotatable bonds is 2. The fraction of sp³-hybridized carbons (Fsp3) is 1.00. The third-order valence-corrected chi connectivity index (χ3v) is 2.14. The van der Waals surface area contributed by atoms with Gasteiger partial charge in [0, 0.05) is 0 Å². The van der Waals surface area contributed by atoms with E-state index in [1.54, 1.807) is 0 Å². The molecular formula is C9H21NO. The molecule has 0 heterocycles. The second-order valence-corrected chi connectivity index (χ2v) is 2.97. The summed E-state index contributed by atoms with van der Waals surface area (Å²) < 4.78 is 0. The van der Waals surface area contributed by atoms with Crippen LogP contribution in [0.5, 0.6) is 0 Å². The molecule has 0 atom stereocenters. The van der Waals surface area contributed by atoms with Crippen molar-refractivity contribution in [2.24, 2.45) is 5.73 Å². The van der Waals surface area contributed by atoms with E-state index in [2.05, 4.69) is 0 Å². The summed E-state index contributed by atoms with van der Waals surface area (Å²) in [4.78, 5) is 0. The van der Waals surface area contributed by atoms with Crippen LogP contribution in [0.25, 0.3) is 0 Å². The van der Waals surface area contributed by atoms with Crippen LogP contribution in [0, 0.1) is 0 Å². The summed E-state index contributed by atoms with van der Waals surface area (Å²) >= 11 is 0. The van der Waals surface area contributed by atoms with Gasteiger partial charge >= 0.3 is 0 Å². The highest BCUT2D eigenvalue weighted by Crippen LogP contribution is 2.31. The van der Waals surface area contributed by atoms with Crippen LogP contribution in [-0.2, 0) is 0 Å². The van der Waals surface area contributed by atoms with Crippen LogP contribution >= 0.6 is 0 Å². The van der Waals surface area contributed by atoms with Crippen molar-refractivity contribution < 1.29 is 5.11 Å². The lowest BCUT2D eigenvalue weighted by atomic mass is 9.98. The molecule has 0 aromatic rings. The number of aliphatic hydroxyl groups is 1. The van der Waals surface area contributed by atoms with E-state index < -0.39 is 0 Å². The number of hydrogen-bond donors (Lipinski definition) is 2. The molecule has 68 valence electrons. The average molecular weight is 159 g/mol. The number of nitrogens with two attached hydrogens (primary N) is 1. The first-order valence-corrected chi connectivity index (χ1v) is 4.69. The SMILES string of the molecule is CC.NCCC1(O)CCCC1. The molecule has 1 rings (SSSR count). The van der Waals surface area contributed by atoms with E-state index in [9.17, 15) is 5.11 Å². The normalized spacial score (nSPS) is 20.7. The molecule has 0 aliphatic heterocycles. The Morgan fingerprint density at radius 2 is 1.73 bits per heavy atom. The van der Waals surface area contributed by atoms with E-state index in [1.807, 2.05) is 13.8 Å². The van der Waals surface area contributed by atoms with Crippen molar-refractivity contribution in [1.82, 2.24) is 0 Å². The molecule has 0 aromatic heterocycles. The molecule has 0 spiro atoms. The van der Waals surface area contributed by atoms with Crippen LogP contribution < -0.4 is 5.73 Å². The summed E-state index contributed by atoms with van der Waals surface area (Å²) in [5, 5.41) is 9.61. The van der Waals surface area contributed by atoms with Gasteiger partial charge in [-0.3, -0.25) is 0 Å². The zero-order chi connectivity index (χ0) is 8.74. The molecule has 1 saturated carbocycles. The van der Waals surface area contributed by atoms with Gasteiger partial charge in [0.25, 0.3) is 0 Å². The maximum atomic E-state index is 9.61. The zero-order valence-electron chi connectivity index (χ0n) is 7.77. The Bertz CT molecular complexity index is 87.6. The third kappa shape index (κ3) is 3.73.